The summed E-state index contributed by atoms with van der Waals surface area (Å²) in [5, 5.41) is 56.1. The summed E-state index contributed by atoms with van der Waals surface area (Å²) in [6, 6.07) is 1.03. The van der Waals surface area contributed by atoms with E-state index in [-0.39, 0.29) is 23.3 Å². The van der Waals surface area contributed by atoms with Crippen molar-refractivity contribution in [1.29, 1.82) is 0 Å². The van der Waals surface area contributed by atoms with Crippen LogP contribution in [0.5, 0.6) is 5.75 Å². The minimum absolute atomic E-state index is 0.0149. The molecule has 1 aromatic rings. The number of likely N-dealkylation sites (N-methyl/N-ethyl adjacent to an activating group) is 1. The van der Waals surface area contributed by atoms with Crippen molar-refractivity contribution in [3.05, 3.63) is 45.4 Å². The molecule has 0 aromatic heterocycles. The third kappa shape index (κ3) is 4.37. The lowest BCUT2D eigenvalue weighted by molar-refractivity contribution is -0.200. The van der Waals surface area contributed by atoms with E-state index < -0.39 is 58.4 Å². The molecule has 11 nitrogen and oxygen atoms in total. The van der Waals surface area contributed by atoms with E-state index in [0.29, 0.717) is 24.1 Å². The number of aliphatic hydroxyl groups is 4. The largest absolute Gasteiger partial charge is 0.511 e. The predicted octanol–water partition coefficient (Wildman–Crippen LogP) is 1.03. The van der Waals surface area contributed by atoms with E-state index in [1.54, 1.807) is 19.0 Å². The molecule has 0 fully saturated rings. The van der Waals surface area contributed by atoms with Crippen molar-refractivity contribution in [2.24, 2.45) is 23.5 Å². The van der Waals surface area contributed by atoms with Gasteiger partial charge in [-0.15, -0.1) is 0 Å². The van der Waals surface area contributed by atoms with Gasteiger partial charge in [0.05, 0.1) is 17.5 Å². The number of phenols is 1. The van der Waals surface area contributed by atoms with Gasteiger partial charge in [0, 0.05) is 37.5 Å². The molecule has 0 saturated heterocycles. The zero-order chi connectivity index (χ0) is 29.1. The number of amides is 1. The number of ketones is 1. The number of phenolic OH excluding ortho intramolecular Hbond substituents is 1. The molecule has 4 atom stereocenters. The standard InChI is InChI=1S/C28H40N4O7/c1-7-32(8-2)12-14-11-17(30(3)4)15-9-13-10-16-20(25(35)18(13)24(34)19(15)23(14)33)28(38,39)21(27(29)37)26(36)22(16)31(5)6/h11,13,16,20,22,33,35-36,38-39H,7-10,12H2,1-6H3,(H2,29,37)/t13?,16?,20?,22-/m1/s1. The molecule has 0 radical (unpaired) electrons. The molecular formula is C28H40N4O7. The Balaban J connectivity index is 1.93. The van der Waals surface area contributed by atoms with Gasteiger partial charge in [-0.25, -0.2) is 0 Å². The molecule has 214 valence electrons. The molecule has 0 heterocycles. The van der Waals surface area contributed by atoms with Crippen molar-refractivity contribution in [2.75, 3.05) is 46.2 Å². The van der Waals surface area contributed by atoms with Crippen LogP contribution in [0.3, 0.4) is 0 Å². The van der Waals surface area contributed by atoms with Gasteiger partial charge in [-0.1, -0.05) is 13.8 Å². The summed E-state index contributed by atoms with van der Waals surface area (Å²) in [6.07, 6.45) is 0.527. The van der Waals surface area contributed by atoms with Gasteiger partial charge in [-0.05, 0) is 63.5 Å². The summed E-state index contributed by atoms with van der Waals surface area (Å²) in [6.45, 7) is 5.94. The fourth-order valence-electron chi connectivity index (χ4n) is 6.87. The Morgan fingerprint density at radius 3 is 2.21 bits per heavy atom. The van der Waals surface area contributed by atoms with E-state index in [2.05, 4.69) is 4.90 Å². The third-order valence-corrected chi connectivity index (χ3v) is 8.67. The monoisotopic (exact) mass is 544 g/mol. The summed E-state index contributed by atoms with van der Waals surface area (Å²) in [5.74, 6) is -8.86. The van der Waals surface area contributed by atoms with Crippen molar-refractivity contribution in [2.45, 2.75) is 45.1 Å². The number of nitrogens with two attached hydrogens (primary N) is 1. The summed E-state index contributed by atoms with van der Waals surface area (Å²) in [4.78, 5) is 31.9. The van der Waals surface area contributed by atoms with Crippen LogP contribution in [0.25, 0.3) is 0 Å². The van der Waals surface area contributed by atoms with E-state index in [4.69, 9.17) is 5.73 Å². The minimum Gasteiger partial charge on any atom is -0.511 e. The van der Waals surface area contributed by atoms with Crippen LogP contribution in [0.2, 0.25) is 0 Å². The first-order chi connectivity index (χ1) is 18.2. The number of benzene rings is 1. The molecular weight excluding hydrogens is 504 g/mol. The van der Waals surface area contributed by atoms with Crippen LogP contribution in [0, 0.1) is 17.8 Å². The SMILES string of the molecule is CCN(CC)Cc1cc(N(C)C)c2c(c1O)C(=O)C1=C(O)C3C(CC1C2)[C@@H](N(C)C)C(O)=C(C(N)=O)C3(O)O. The lowest BCUT2D eigenvalue weighted by Gasteiger charge is -2.51. The Bertz CT molecular complexity index is 1260. The van der Waals surface area contributed by atoms with Crippen molar-refractivity contribution in [1.82, 2.24) is 9.80 Å². The zero-order valence-electron chi connectivity index (χ0n) is 23.4. The molecule has 0 saturated carbocycles. The van der Waals surface area contributed by atoms with Crippen LogP contribution in [0.1, 0.15) is 41.8 Å². The first-order valence-corrected chi connectivity index (χ1v) is 13.3. The Morgan fingerprint density at radius 1 is 1.08 bits per heavy atom. The Hall–Kier alpha value is -3.12. The quantitative estimate of drug-likeness (QED) is 0.272. The van der Waals surface area contributed by atoms with Crippen molar-refractivity contribution in [3.8, 4) is 5.75 Å². The highest BCUT2D eigenvalue weighted by molar-refractivity contribution is 6.14. The van der Waals surface area contributed by atoms with Crippen molar-refractivity contribution in [3.63, 3.8) is 0 Å². The van der Waals surface area contributed by atoms with Gasteiger partial charge in [-0.3, -0.25) is 19.4 Å². The number of hydrogen-bond acceptors (Lipinski definition) is 10. The van der Waals surface area contributed by atoms with Gasteiger partial charge in [0.2, 0.25) is 5.79 Å². The summed E-state index contributed by atoms with van der Waals surface area (Å²) in [7, 11) is 7.05. The third-order valence-electron chi connectivity index (χ3n) is 8.67. The molecule has 3 aliphatic carbocycles. The minimum atomic E-state index is -3.00. The maximum atomic E-state index is 14.1. The first-order valence-electron chi connectivity index (χ1n) is 13.3. The predicted molar refractivity (Wildman–Crippen MR) is 145 cm³/mol. The van der Waals surface area contributed by atoms with Crippen LogP contribution in [-0.2, 0) is 17.8 Å². The molecule has 3 unspecified atom stereocenters. The lowest BCUT2D eigenvalue weighted by atomic mass is 9.59. The topological polar surface area (TPSA) is 171 Å². The van der Waals surface area contributed by atoms with Crippen LogP contribution >= 0.6 is 0 Å². The number of allylic oxidation sites excluding steroid dienone is 1. The van der Waals surface area contributed by atoms with Crippen LogP contribution in [-0.4, -0.2) is 100 Å². The van der Waals surface area contributed by atoms with Gasteiger partial charge < -0.3 is 36.2 Å². The number of aliphatic hydroxyl groups excluding tert-OH is 2. The lowest BCUT2D eigenvalue weighted by Crippen LogP contribution is -2.60. The average molecular weight is 545 g/mol. The normalized spacial score (nSPS) is 26.1. The number of carbonyl (C=O) groups is 2. The fraction of sp³-hybridized carbons (Fsp3) is 0.571. The number of rotatable bonds is 7. The Kier molecular flexibility index (Phi) is 7.50. The highest BCUT2D eigenvalue weighted by Crippen LogP contribution is 2.54. The van der Waals surface area contributed by atoms with Crippen molar-refractivity contribution < 1.29 is 35.1 Å². The van der Waals surface area contributed by atoms with E-state index in [1.807, 2.05) is 38.9 Å². The van der Waals surface area contributed by atoms with Crippen LogP contribution in [0.4, 0.5) is 5.69 Å². The summed E-state index contributed by atoms with van der Waals surface area (Å²) < 4.78 is 0. The molecule has 11 heteroatoms. The number of anilines is 1. The number of hydrogen-bond donors (Lipinski definition) is 6. The number of Topliss-reactive ketones (excluding diaryl/α,β-unsaturated/α-hetero) is 1. The number of nitrogens with zero attached hydrogens (tertiary/aromatic N) is 3. The number of carbonyl (C=O) groups excluding carboxylic acids is 2. The number of primary amides is 1. The molecule has 3 aliphatic rings. The molecule has 0 bridgehead atoms. The molecule has 7 N–H and O–H groups in total. The smallest absolute Gasteiger partial charge is 0.253 e. The van der Waals surface area contributed by atoms with E-state index >= 15 is 0 Å². The Morgan fingerprint density at radius 2 is 1.69 bits per heavy atom. The van der Waals surface area contributed by atoms with Gasteiger partial charge in [0.25, 0.3) is 5.91 Å². The second kappa shape index (κ2) is 10.1. The molecule has 0 spiro atoms. The molecule has 1 aromatic carbocycles. The van der Waals surface area contributed by atoms with Gasteiger partial charge in [-0.2, -0.15) is 0 Å². The van der Waals surface area contributed by atoms with Gasteiger partial charge >= 0.3 is 0 Å². The van der Waals surface area contributed by atoms with Crippen LogP contribution < -0.4 is 10.6 Å². The highest BCUT2D eigenvalue weighted by Gasteiger charge is 2.60. The maximum Gasteiger partial charge on any atom is 0.253 e. The molecule has 4 rings (SSSR count). The highest BCUT2D eigenvalue weighted by atomic mass is 16.5. The number of aromatic hydroxyl groups is 1. The number of fused-ring (bicyclic) bond motifs is 3. The zero-order valence-corrected chi connectivity index (χ0v) is 23.4. The molecule has 39 heavy (non-hydrogen) atoms. The van der Waals surface area contributed by atoms with E-state index in [0.717, 1.165) is 18.8 Å². The fourth-order valence-corrected chi connectivity index (χ4v) is 6.87. The van der Waals surface area contributed by atoms with Gasteiger partial charge in [0.15, 0.2) is 5.78 Å². The first kappa shape index (κ1) is 28.9. The van der Waals surface area contributed by atoms with Gasteiger partial charge in [0.1, 0.15) is 22.8 Å². The molecule has 0 aliphatic heterocycles. The average Bonchev–Trinajstić information content (AvgIpc) is 2.81. The molecule has 1 amide bonds. The van der Waals surface area contributed by atoms with E-state index in [1.165, 1.54) is 0 Å². The second-order valence-corrected chi connectivity index (χ2v) is 11.3. The maximum absolute atomic E-state index is 14.1. The summed E-state index contributed by atoms with van der Waals surface area (Å²) >= 11 is 0. The van der Waals surface area contributed by atoms with Crippen molar-refractivity contribution >= 4 is 17.4 Å². The second-order valence-electron chi connectivity index (χ2n) is 11.3. The Labute approximate surface area is 228 Å². The van der Waals surface area contributed by atoms with Crippen LogP contribution in [0.15, 0.2) is 28.7 Å². The summed E-state index contributed by atoms with van der Waals surface area (Å²) in [5.41, 5.74) is 6.71. The van der Waals surface area contributed by atoms with E-state index in [9.17, 15) is 35.1 Å².